The summed E-state index contributed by atoms with van der Waals surface area (Å²) >= 11 is 0. The van der Waals surface area contributed by atoms with E-state index in [1.807, 2.05) is 4.90 Å². The number of morpholine rings is 1. The van der Waals surface area contributed by atoms with Gasteiger partial charge in [-0.3, -0.25) is 0 Å². The molecule has 0 bridgehead atoms. The number of carboxylic acid groups (broad SMARTS) is 1. The molecule has 4 atom stereocenters. The van der Waals surface area contributed by atoms with E-state index in [-0.39, 0.29) is 24.3 Å². The number of methoxy groups -OCH3 is 1. The normalized spacial score (nSPS) is 35.9. The van der Waals surface area contributed by atoms with Gasteiger partial charge >= 0.3 is 12.0 Å². The standard InChI is InChI=1S/C14H22N2O5/c1-20-9-7-11(13(17)18)16(8-9)14(19)15-5-6-21-12-4-2-3-10(12)15/h9-12H,2-8H2,1H3,(H,17,18). The van der Waals surface area contributed by atoms with Gasteiger partial charge in [-0.15, -0.1) is 0 Å². The maximum absolute atomic E-state index is 12.8. The lowest BCUT2D eigenvalue weighted by Gasteiger charge is -2.40. The van der Waals surface area contributed by atoms with Gasteiger partial charge in [-0.25, -0.2) is 9.59 Å². The Hall–Kier alpha value is -1.34. The largest absolute Gasteiger partial charge is 0.480 e. The fourth-order valence-electron chi connectivity index (χ4n) is 3.74. The van der Waals surface area contributed by atoms with Gasteiger partial charge in [-0.1, -0.05) is 0 Å². The van der Waals surface area contributed by atoms with Crippen LogP contribution >= 0.6 is 0 Å². The molecule has 2 heterocycles. The summed E-state index contributed by atoms with van der Waals surface area (Å²) in [5, 5.41) is 9.34. The minimum absolute atomic E-state index is 0.0993. The highest BCUT2D eigenvalue weighted by Gasteiger charge is 2.45. The van der Waals surface area contributed by atoms with Crippen molar-refractivity contribution in [2.75, 3.05) is 26.8 Å². The van der Waals surface area contributed by atoms with E-state index in [1.165, 1.54) is 4.90 Å². The van der Waals surface area contributed by atoms with Gasteiger partial charge in [0.05, 0.1) is 24.9 Å². The number of carbonyl (C=O) groups excluding carboxylic acids is 1. The van der Waals surface area contributed by atoms with Gasteiger partial charge in [0.2, 0.25) is 0 Å². The number of carbonyl (C=O) groups is 2. The monoisotopic (exact) mass is 298 g/mol. The highest BCUT2D eigenvalue weighted by Crippen LogP contribution is 2.32. The molecule has 3 rings (SSSR count). The van der Waals surface area contributed by atoms with E-state index in [4.69, 9.17) is 9.47 Å². The van der Waals surface area contributed by atoms with Gasteiger partial charge in [-0.2, -0.15) is 0 Å². The first-order valence-corrected chi connectivity index (χ1v) is 7.56. The predicted molar refractivity (Wildman–Crippen MR) is 73.0 cm³/mol. The summed E-state index contributed by atoms with van der Waals surface area (Å²) in [6, 6.07) is -0.866. The fourth-order valence-corrected chi connectivity index (χ4v) is 3.74. The Bertz CT molecular complexity index is 430. The van der Waals surface area contributed by atoms with Crippen LogP contribution in [0, 0.1) is 0 Å². The minimum Gasteiger partial charge on any atom is -0.480 e. The Morgan fingerprint density at radius 2 is 2.10 bits per heavy atom. The first-order valence-electron chi connectivity index (χ1n) is 7.56. The average Bonchev–Trinajstić information content (AvgIpc) is 3.12. The van der Waals surface area contributed by atoms with Crippen molar-refractivity contribution in [3.63, 3.8) is 0 Å². The van der Waals surface area contributed by atoms with Crippen LogP contribution in [-0.4, -0.2) is 78.0 Å². The second kappa shape index (κ2) is 5.81. The van der Waals surface area contributed by atoms with E-state index in [1.54, 1.807) is 7.11 Å². The molecule has 0 spiro atoms. The molecule has 118 valence electrons. The van der Waals surface area contributed by atoms with Crippen LogP contribution in [0.4, 0.5) is 4.79 Å². The molecule has 7 heteroatoms. The molecule has 21 heavy (non-hydrogen) atoms. The Morgan fingerprint density at radius 1 is 1.29 bits per heavy atom. The molecular formula is C14H22N2O5. The highest BCUT2D eigenvalue weighted by atomic mass is 16.5. The van der Waals surface area contributed by atoms with Crippen LogP contribution < -0.4 is 0 Å². The zero-order valence-corrected chi connectivity index (χ0v) is 12.2. The van der Waals surface area contributed by atoms with Gasteiger partial charge in [0, 0.05) is 26.6 Å². The quantitative estimate of drug-likeness (QED) is 0.804. The van der Waals surface area contributed by atoms with Gasteiger partial charge in [0.25, 0.3) is 0 Å². The number of likely N-dealkylation sites (tertiary alicyclic amines) is 1. The SMILES string of the molecule is COC1CC(C(=O)O)N(C(=O)N2CCOC3CCCC32)C1. The topological polar surface area (TPSA) is 79.3 Å². The third kappa shape index (κ3) is 2.60. The zero-order valence-electron chi connectivity index (χ0n) is 12.2. The van der Waals surface area contributed by atoms with E-state index < -0.39 is 12.0 Å². The van der Waals surface area contributed by atoms with Crippen molar-refractivity contribution in [3.8, 4) is 0 Å². The Kier molecular flexibility index (Phi) is 4.03. The molecule has 2 amide bonds. The third-order valence-electron chi connectivity index (χ3n) is 4.85. The van der Waals surface area contributed by atoms with Gasteiger partial charge in [-0.05, 0) is 19.3 Å². The summed E-state index contributed by atoms with van der Waals surface area (Å²) in [5.41, 5.74) is 0. The molecule has 1 N–H and O–H groups in total. The van der Waals surface area contributed by atoms with Crippen LogP contribution in [0.5, 0.6) is 0 Å². The van der Waals surface area contributed by atoms with E-state index in [2.05, 4.69) is 0 Å². The van der Waals surface area contributed by atoms with Crippen LogP contribution in [-0.2, 0) is 14.3 Å². The molecule has 2 aliphatic heterocycles. The average molecular weight is 298 g/mol. The fraction of sp³-hybridized carbons (Fsp3) is 0.857. The Balaban J connectivity index is 1.75. The Labute approximate surface area is 123 Å². The summed E-state index contributed by atoms with van der Waals surface area (Å²) in [6.07, 6.45) is 3.26. The molecule has 3 aliphatic rings. The van der Waals surface area contributed by atoms with Crippen molar-refractivity contribution in [2.24, 2.45) is 0 Å². The van der Waals surface area contributed by atoms with Crippen LogP contribution in [0.1, 0.15) is 25.7 Å². The number of aliphatic carboxylic acids is 1. The van der Waals surface area contributed by atoms with Gasteiger partial charge in [0.1, 0.15) is 6.04 Å². The first kappa shape index (κ1) is 14.6. The summed E-state index contributed by atoms with van der Waals surface area (Å²) in [4.78, 5) is 27.5. The van der Waals surface area contributed by atoms with E-state index in [0.29, 0.717) is 26.1 Å². The van der Waals surface area contributed by atoms with Crippen LogP contribution in [0.25, 0.3) is 0 Å². The van der Waals surface area contributed by atoms with Crippen molar-refractivity contribution in [2.45, 2.75) is 50.0 Å². The van der Waals surface area contributed by atoms with Crippen molar-refractivity contribution in [1.82, 2.24) is 9.80 Å². The van der Waals surface area contributed by atoms with Crippen LogP contribution in [0.15, 0.2) is 0 Å². The lowest BCUT2D eigenvalue weighted by atomic mass is 10.1. The molecule has 0 radical (unpaired) electrons. The molecule has 0 aromatic rings. The van der Waals surface area contributed by atoms with Crippen molar-refractivity contribution in [1.29, 1.82) is 0 Å². The molecule has 4 unspecified atom stereocenters. The van der Waals surface area contributed by atoms with Gasteiger partial charge in [0.15, 0.2) is 0 Å². The van der Waals surface area contributed by atoms with Crippen molar-refractivity contribution in [3.05, 3.63) is 0 Å². The first-order chi connectivity index (χ1) is 10.1. The second-order valence-electron chi connectivity index (χ2n) is 5.98. The molecule has 0 aromatic carbocycles. The van der Waals surface area contributed by atoms with Crippen LogP contribution in [0.2, 0.25) is 0 Å². The van der Waals surface area contributed by atoms with E-state index >= 15 is 0 Å². The molecular weight excluding hydrogens is 276 g/mol. The lowest BCUT2D eigenvalue weighted by Crippen LogP contribution is -2.57. The van der Waals surface area contributed by atoms with Crippen molar-refractivity contribution >= 4 is 12.0 Å². The maximum atomic E-state index is 12.8. The minimum atomic E-state index is -0.959. The van der Waals surface area contributed by atoms with E-state index in [9.17, 15) is 14.7 Å². The summed E-state index contributed by atoms with van der Waals surface area (Å²) < 4.78 is 11.0. The molecule has 1 aliphatic carbocycles. The number of amides is 2. The number of urea groups is 1. The van der Waals surface area contributed by atoms with Crippen molar-refractivity contribution < 1.29 is 24.2 Å². The van der Waals surface area contributed by atoms with Gasteiger partial charge < -0.3 is 24.4 Å². The van der Waals surface area contributed by atoms with E-state index in [0.717, 1.165) is 19.3 Å². The second-order valence-corrected chi connectivity index (χ2v) is 5.98. The molecule has 3 fully saturated rings. The highest BCUT2D eigenvalue weighted by molar-refractivity contribution is 5.83. The third-order valence-corrected chi connectivity index (χ3v) is 4.85. The number of hydrogen-bond donors (Lipinski definition) is 1. The van der Waals surface area contributed by atoms with Crippen LogP contribution in [0.3, 0.4) is 0 Å². The number of fused-ring (bicyclic) bond motifs is 1. The predicted octanol–water partition coefficient (Wildman–Crippen LogP) is 0.534. The number of rotatable bonds is 2. The number of carboxylic acids is 1. The number of nitrogens with zero attached hydrogens (tertiary/aromatic N) is 2. The molecule has 1 saturated carbocycles. The Morgan fingerprint density at radius 3 is 2.81 bits per heavy atom. The maximum Gasteiger partial charge on any atom is 0.326 e. The summed E-state index contributed by atoms with van der Waals surface area (Å²) in [7, 11) is 1.55. The zero-order chi connectivity index (χ0) is 15.0. The smallest absolute Gasteiger partial charge is 0.326 e. The molecule has 7 nitrogen and oxygen atoms in total. The number of ether oxygens (including phenoxy) is 2. The summed E-state index contributed by atoms with van der Waals surface area (Å²) in [6.45, 7) is 1.42. The molecule has 0 aromatic heterocycles. The summed E-state index contributed by atoms with van der Waals surface area (Å²) in [5.74, 6) is -0.959. The number of hydrogen-bond acceptors (Lipinski definition) is 4. The lowest BCUT2D eigenvalue weighted by molar-refractivity contribution is -0.141. The molecule has 2 saturated heterocycles.